The third-order valence-corrected chi connectivity index (χ3v) is 3.40. The molecule has 0 atom stereocenters. The van der Waals surface area contributed by atoms with Crippen LogP contribution in [0.1, 0.15) is 20.7 Å². The Hall–Kier alpha value is -4.72. The van der Waals surface area contributed by atoms with Crippen LogP contribution in [0, 0.1) is 0 Å². The summed E-state index contributed by atoms with van der Waals surface area (Å²) in [6.07, 6.45) is 7.00. The largest absolute Gasteiger partial charge is 0.507 e. The molecule has 4 rings (SSSR count). The molecule has 164 valence electrons. The number of carbonyl (C=O) groups is 2. The first kappa shape index (κ1) is 25.3. The Morgan fingerprint density at radius 2 is 0.812 bits per heavy atom. The molecule has 0 amide bonds. The van der Waals surface area contributed by atoms with Crippen LogP contribution < -0.4 is 0 Å². The lowest BCUT2D eigenvalue weighted by molar-refractivity contribution is 0.0682. The van der Waals surface area contributed by atoms with Gasteiger partial charge in [0.1, 0.15) is 22.6 Å². The van der Waals surface area contributed by atoms with Gasteiger partial charge in [0, 0.05) is 24.8 Å². The Labute approximate surface area is 184 Å². The van der Waals surface area contributed by atoms with E-state index in [2.05, 4.69) is 9.97 Å². The van der Waals surface area contributed by atoms with Crippen molar-refractivity contribution in [2.75, 3.05) is 0 Å². The molecule has 0 aliphatic heterocycles. The van der Waals surface area contributed by atoms with Crippen molar-refractivity contribution in [3.05, 3.63) is 121 Å². The molecule has 0 aliphatic carbocycles. The van der Waals surface area contributed by atoms with Crippen LogP contribution in [0.4, 0.5) is 0 Å². The van der Waals surface area contributed by atoms with E-state index in [1.165, 1.54) is 24.3 Å². The third kappa shape index (κ3) is 10.7. The van der Waals surface area contributed by atoms with Crippen molar-refractivity contribution in [2.45, 2.75) is 0 Å². The molecule has 8 heteroatoms. The Morgan fingerprint density at radius 3 is 0.969 bits per heavy atom. The first-order chi connectivity index (χ1) is 15.4. The molecule has 0 fully saturated rings. The van der Waals surface area contributed by atoms with Gasteiger partial charge in [-0.1, -0.05) is 36.4 Å². The molecule has 0 saturated carbocycles. The highest BCUT2D eigenvalue weighted by Crippen LogP contribution is 2.15. The van der Waals surface area contributed by atoms with E-state index < -0.39 is 11.9 Å². The van der Waals surface area contributed by atoms with Crippen molar-refractivity contribution in [2.24, 2.45) is 0 Å². The van der Waals surface area contributed by atoms with Crippen molar-refractivity contribution in [3.63, 3.8) is 0 Å². The zero-order chi connectivity index (χ0) is 23.6. The summed E-state index contributed by atoms with van der Waals surface area (Å²) >= 11 is 0. The maximum Gasteiger partial charge on any atom is 0.339 e. The van der Waals surface area contributed by atoms with E-state index >= 15 is 0 Å². The minimum Gasteiger partial charge on any atom is -0.507 e. The fraction of sp³-hybridized carbons (Fsp3) is 0. The predicted molar refractivity (Wildman–Crippen MR) is 119 cm³/mol. The van der Waals surface area contributed by atoms with Crippen LogP contribution in [0.2, 0.25) is 0 Å². The monoisotopic (exact) mass is 434 g/mol. The molecule has 2 heterocycles. The van der Waals surface area contributed by atoms with E-state index in [0.717, 1.165) is 0 Å². The Balaban J connectivity index is 0.000000219. The second-order valence-electron chi connectivity index (χ2n) is 5.69. The summed E-state index contributed by atoms with van der Waals surface area (Å²) in [6.45, 7) is 0. The molecule has 0 bridgehead atoms. The van der Waals surface area contributed by atoms with E-state index in [-0.39, 0.29) is 22.6 Å². The lowest BCUT2D eigenvalue weighted by Crippen LogP contribution is -1.95. The maximum atomic E-state index is 10.3. The zero-order valence-corrected chi connectivity index (χ0v) is 16.9. The second kappa shape index (κ2) is 15.2. The average molecular weight is 434 g/mol. The number of hydrogen-bond donors (Lipinski definition) is 4. The summed E-state index contributed by atoms with van der Waals surface area (Å²) in [5, 5.41) is 34.6. The number of aromatic carboxylic acids is 2. The van der Waals surface area contributed by atoms with Crippen LogP contribution in [0.3, 0.4) is 0 Å². The van der Waals surface area contributed by atoms with E-state index in [4.69, 9.17) is 20.4 Å². The Kier molecular flexibility index (Phi) is 12.0. The number of aromatic nitrogens is 2. The third-order valence-electron chi connectivity index (χ3n) is 3.40. The van der Waals surface area contributed by atoms with Gasteiger partial charge in [-0.25, -0.2) is 9.59 Å². The zero-order valence-electron chi connectivity index (χ0n) is 16.9. The standard InChI is InChI=1S/2C7H6O3.2C5H5N/c2*8-6-4-2-1-3-5(6)7(9)10;2*1-2-4-6-5-3-1/h2*1-4,8H,(H,9,10);2*1-5H. The Morgan fingerprint density at radius 1 is 0.500 bits per heavy atom. The molecule has 0 saturated heterocycles. The first-order valence-electron chi connectivity index (χ1n) is 9.16. The smallest absolute Gasteiger partial charge is 0.339 e. The van der Waals surface area contributed by atoms with Gasteiger partial charge in [-0.05, 0) is 48.5 Å². The molecule has 0 spiro atoms. The number of nitrogens with zero attached hydrogens (tertiary/aromatic N) is 2. The van der Waals surface area contributed by atoms with Crippen molar-refractivity contribution in [1.82, 2.24) is 9.97 Å². The lowest BCUT2D eigenvalue weighted by Gasteiger charge is -1.95. The fourth-order valence-electron chi connectivity index (χ4n) is 1.93. The van der Waals surface area contributed by atoms with Crippen molar-refractivity contribution < 1.29 is 30.0 Å². The summed E-state index contributed by atoms with van der Waals surface area (Å²) in [4.78, 5) is 28.1. The Bertz CT molecular complexity index is 920. The van der Waals surface area contributed by atoms with Crippen molar-refractivity contribution in [1.29, 1.82) is 0 Å². The quantitative estimate of drug-likeness (QED) is 0.365. The van der Waals surface area contributed by atoms with Gasteiger partial charge >= 0.3 is 11.9 Å². The molecular weight excluding hydrogens is 412 g/mol. The molecule has 2 aromatic heterocycles. The second-order valence-corrected chi connectivity index (χ2v) is 5.69. The summed E-state index contributed by atoms with van der Waals surface area (Å²) in [6, 6.07) is 23.1. The van der Waals surface area contributed by atoms with E-state index in [0.29, 0.717) is 0 Å². The predicted octanol–water partition coefficient (Wildman–Crippen LogP) is 4.34. The number of rotatable bonds is 2. The number of hydrogen-bond acceptors (Lipinski definition) is 6. The summed E-state index contributed by atoms with van der Waals surface area (Å²) in [5.74, 6) is -2.62. The number of para-hydroxylation sites is 2. The normalized spacial score (nSPS) is 8.75. The number of aromatic hydroxyl groups is 2. The minimum absolute atomic E-state index is 0.0671. The van der Waals surface area contributed by atoms with Crippen LogP contribution in [0.5, 0.6) is 11.5 Å². The molecule has 0 radical (unpaired) electrons. The highest BCUT2D eigenvalue weighted by molar-refractivity contribution is 5.91. The highest BCUT2D eigenvalue weighted by Gasteiger charge is 2.06. The minimum atomic E-state index is -1.11. The van der Waals surface area contributed by atoms with Crippen LogP contribution in [-0.2, 0) is 0 Å². The SMILES string of the molecule is O=C(O)c1ccccc1O.O=C(O)c1ccccc1O.c1ccncc1.c1ccncc1. The lowest BCUT2D eigenvalue weighted by atomic mass is 10.2. The number of phenols is 2. The molecule has 0 aliphatic rings. The van der Waals surface area contributed by atoms with Gasteiger partial charge < -0.3 is 20.4 Å². The highest BCUT2D eigenvalue weighted by atomic mass is 16.4. The topological polar surface area (TPSA) is 141 Å². The summed E-state index contributed by atoms with van der Waals surface area (Å²) in [7, 11) is 0. The molecule has 8 nitrogen and oxygen atoms in total. The van der Waals surface area contributed by atoms with E-state index in [1.807, 2.05) is 36.4 Å². The van der Waals surface area contributed by atoms with E-state index in [9.17, 15) is 9.59 Å². The molecule has 4 N–H and O–H groups in total. The average Bonchev–Trinajstić information content (AvgIpc) is 2.83. The summed E-state index contributed by atoms with van der Waals surface area (Å²) < 4.78 is 0. The molecule has 4 aromatic rings. The van der Waals surface area contributed by atoms with Gasteiger partial charge in [-0.2, -0.15) is 0 Å². The van der Waals surface area contributed by atoms with Crippen LogP contribution in [0.15, 0.2) is 110 Å². The van der Waals surface area contributed by atoms with Gasteiger partial charge in [-0.15, -0.1) is 0 Å². The van der Waals surface area contributed by atoms with Crippen LogP contribution >= 0.6 is 0 Å². The van der Waals surface area contributed by atoms with E-state index in [1.54, 1.807) is 49.1 Å². The number of carboxylic acid groups (broad SMARTS) is 2. The molecule has 0 unspecified atom stereocenters. The van der Waals surface area contributed by atoms with Gasteiger partial charge in [0.15, 0.2) is 0 Å². The van der Waals surface area contributed by atoms with Gasteiger partial charge in [0.05, 0.1) is 0 Å². The van der Waals surface area contributed by atoms with Crippen molar-refractivity contribution in [3.8, 4) is 11.5 Å². The van der Waals surface area contributed by atoms with Gasteiger partial charge in [-0.3, -0.25) is 9.97 Å². The van der Waals surface area contributed by atoms with Crippen LogP contribution in [-0.4, -0.2) is 42.3 Å². The van der Waals surface area contributed by atoms with Crippen molar-refractivity contribution >= 4 is 11.9 Å². The van der Waals surface area contributed by atoms with Gasteiger partial charge in [0.25, 0.3) is 0 Å². The summed E-state index contributed by atoms with van der Waals surface area (Å²) in [5.41, 5.74) is -0.134. The fourth-order valence-corrected chi connectivity index (χ4v) is 1.93. The first-order valence-corrected chi connectivity index (χ1v) is 9.16. The number of pyridine rings is 2. The number of benzene rings is 2. The number of carboxylic acids is 2. The molecule has 2 aromatic carbocycles. The molecule has 32 heavy (non-hydrogen) atoms. The maximum absolute atomic E-state index is 10.3. The van der Waals surface area contributed by atoms with Crippen LogP contribution in [0.25, 0.3) is 0 Å². The molecular formula is C24H22N2O6. The van der Waals surface area contributed by atoms with Gasteiger partial charge in [0.2, 0.25) is 0 Å².